The molecule has 1 unspecified atom stereocenters. The van der Waals surface area contributed by atoms with Crippen molar-refractivity contribution < 1.29 is 24.3 Å². The van der Waals surface area contributed by atoms with Crippen LogP contribution >= 0.6 is 0 Å². The van der Waals surface area contributed by atoms with Crippen molar-refractivity contribution in [3.05, 3.63) is 61.8 Å². The Labute approximate surface area is 217 Å². The van der Waals surface area contributed by atoms with Gasteiger partial charge in [-0.1, -0.05) is 12.1 Å². The van der Waals surface area contributed by atoms with E-state index in [1.165, 1.54) is 34.3 Å². The van der Waals surface area contributed by atoms with Crippen LogP contribution in [-0.2, 0) is 30.1 Å². The van der Waals surface area contributed by atoms with E-state index in [0.29, 0.717) is 18.5 Å². The lowest BCUT2D eigenvalue weighted by Gasteiger charge is -2.50. The highest BCUT2D eigenvalue weighted by Gasteiger charge is 2.63. The number of fused-ring (bicyclic) bond motifs is 4. The van der Waals surface area contributed by atoms with Crippen LogP contribution in [0, 0.1) is 5.41 Å². The molecule has 38 heavy (non-hydrogen) atoms. The third kappa shape index (κ3) is 3.29. The fraction of sp³-hybridized carbons (Fsp3) is 0.385. The van der Waals surface area contributed by atoms with Crippen LogP contribution in [0.15, 0.2) is 33.9 Å². The molecule has 1 aromatic carbocycles. The Morgan fingerprint density at radius 2 is 1.66 bits per heavy atom. The Morgan fingerprint density at radius 3 is 2.32 bits per heavy atom. The molecule has 3 aliphatic rings. The highest BCUT2D eigenvalue weighted by atomic mass is 16.3. The van der Waals surface area contributed by atoms with Gasteiger partial charge in [0.25, 0.3) is 5.56 Å². The monoisotopic (exact) mass is 521 g/mol. The van der Waals surface area contributed by atoms with Crippen molar-refractivity contribution >= 4 is 35.4 Å². The first-order valence-electron chi connectivity index (χ1n) is 12.1. The van der Waals surface area contributed by atoms with E-state index in [2.05, 4.69) is 4.90 Å². The number of ketones is 1. The number of barbiturate groups is 1. The van der Waals surface area contributed by atoms with Crippen molar-refractivity contribution in [2.45, 2.75) is 25.3 Å². The van der Waals surface area contributed by atoms with Crippen molar-refractivity contribution in [3.8, 4) is 5.88 Å². The number of benzene rings is 1. The quantitative estimate of drug-likeness (QED) is 0.344. The summed E-state index contributed by atoms with van der Waals surface area (Å²) in [6.45, 7) is 0.657. The third-order valence-electron chi connectivity index (χ3n) is 7.96. The van der Waals surface area contributed by atoms with Crippen molar-refractivity contribution in [2.24, 2.45) is 19.5 Å². The smallest absolute Gasteiger partial charge is 0.333 e. The summed E-state index contributed by atoms with van der Waals surface area (Å²) in [5, 5.41) is 10.2. The van der Waals surface area contributed by atoms with Gasteiger partial charge in [-0.25, -0.2) is 9.59 Å². The third-order valence-corrected chi connectivity index (χ3v) is 7.96. The minimum Gasteiger partial charge on any atom is -0.494 e. The van der Waals surface area contributed by atoms with Gasteiger partial charge in [0, 0.05) is 40.4 Å². The van der Waals surface area contributed by atoms with E-state index in [1.807, 2.05) is 6.07 Å². The number of anilines is 1. The largest absolute Gasteiger partial charge is 0.494 e. The Balaban J connectivity index is 1.54. The summed E-state index contributed by atoms with van der Waals surface area (Å²) in [5.74, 6) is -2.56. The number of rotatable bonds is 3. The lowest BCUT2D eigenvalue weighted by atomic mass is 9.68. The van der Waals surface area contributed by atoms with Crippen LogP contribution in [0.3, 0.4) is 0 Å². The van der Waals surface area contributed by atoms with Crippen LogP contribution in [0.25, 0.3) is 6.08 Å². The molecule has 5 rings (SSSR count). The molecule has 12 heteroatoms. The minimum absolute atomic E-state index is 0.0981. The Hall–Kier alpha value is -4.48. The number of aromatic nitrogens is 2. The summed E-state index contributed by atoms with van der Waals surface area (Å²) in [4.78, 5) is 80.8. The first kappa shape index (κ1) is 25.2. The maximum atomic E-state index is 13.5. The number of carbonyl (C=O) groups is 4. The maximum Gasteiger partial charge on any atom is 0.333 e. The lowest BCUT2D eigenvalue weighted by molar-refractivity contribution is -0.159. The molecule has 0 radical (unpaired) electrons. The van der Waals surface area contributed by atoms with Gasteiger partial charge in [-0.05, 0) is 48.6 Å². The van der Waals surface area contributed by atoms with Gasteiger partial charge in [-0.15, -0.1) is 0 Å². The molecule has 0 aliphatic carbocycles. The topological polar surface area (TPSA) is 142 Å². The summed E-state index contributed by atoms with van der Waals surface area (Å²) >= 11 is 0. The van der Waals surface area contributed by atoms with Crippen LogP contribution in [0.5, 0.6) is 5.88 Å². The van der Waals surface area contributed by atoms with Crippen LogP contribution in [0.2, 0.25) is 0 Å². The van der Waals surface area contributed by atoms with Gasteiger partial charge in [0.1, 0.15) is 5.56 Å². The average molecular weight is 522 g/mol. The second kappa shape index (κ2) is 8.54. The number of carbonyl (C=O) groups excluding carboxylic acids is 4. The molecule has 12 nitrogen and oxygen atoms in total. The first-order chi connectivity index (χ1) is 17.9. The normalized spacial score (nSPS) is 20.5. The van der Waals surface area contributed by atoms with E-state index >= 15 is 0 Å². The van der Waals surface area contributed by atoms with Crippen molar-refractivity contribution in [1.82, 2.24) is 18.9 Å². The summed E-state index contributed by atoms with van der Waals surface area (Å²) in [5.41, 5.74) is -1.47. The van der Waals surface area contributed by atoms with Crippen LogP contribution < -0.4 is 16.1 Å². The molecular weight excluding hydrogens is 494 g/mol. The lowest BCUT2D eigenvalue weighted by Crippen LogP contribution is -2.70. The van der Waals surface area contributed by atoms with E-state index in [-0.39, 0.29) is 12.5 Å². The molecule has 1 spiro atoms. The molecule has 1 atom stereocenters. The standard InChI is InChI=1S/C26H27N5O7/c1-27-20(33)19(21(34)28(2)24(27)37)17(32)10-8-14-7-9-16-15(12-14)13-26(18-6-5-11-31(16)18)22(35)29(3)25(38)30(4)23(26)36/h7-10,12,18,33H,5-6,11,13H2,1-4H3. The molecule has 4 amide bonds. The van der Waals surface area contributed by atoms with Crippen LogP contribution in [0.1, 0.15) is 34.3 Å². The molecule has 2 fully saturated rings. The van der Waals surface area contributed by atoms with Gasteiger partial charge in [0.05, 0.1) is 6.04 Å². The number of hydrogen-bond acceptors (Lipinski definition) is 8. The molecule has 4 heterocycles. The first-order valence-corrected chi connectivity index (χ1v) is 12.1. The zero-order chi connectivity index (χ0) is 27.7. The highest BCUT2D eigenvalue weighted by molar-refractivity contribution is 6.20. The number of hydrogen-bond donors (Lipinski definition) is 1. The van der Waals surface area contributed by atoms with Crippen LogP contribution in [0.4, 0.5) is 10.5 Å². The van der Waals surface area contributed by atoms with Gasteiger partial charge in [-0.3, -0.25) is 38.1 Å². The predicted molar refractivity (Wildman–Crippen MR) is 136 cm³/mol. The molecule has 3 aliphatic heterocycles. The van der Waals surface area contributed by atoms with Crippen LogP contribution in [-0.4, -0.2) is 74.4 Å². The predicted octanol–water partition coefficient (Wildman–Crippen LogP) is 0.247. The number of aromatic hydroxyl groups is 1. The molecule has 0 bridgehead atoms. The Morgan fingerprint density at radius 1 is 1.00 bits per heavy atom. The molecule has 2 saturated heterocycles. The van der Waals surface area contributed by atoms with Gasteiger partial charge >= 0.3 is 11.7 Å². The van der Waals surface area contributed by atoms with Gasteiger partial charge in [0.15, 0.2) is 11.2 Å². The molecule has 2 aromatic rings. The minimum atomic E-state index is -1.44. The van der Waals surface area contributed by atoms with Gasteiger partial charge in [-0.2, -0.15) is 0 Å². The maximum absolute atomic E-state index is 13.5. The highest BCUT2D eigenvalue weighted by Crippen LogP contribution is 2.49. The Bertz CT molecular complexity index is 1560. The number of urea groups is 1. The fourth-order valence-corrected chi connectivity index (χ4v) is 5.95. The fourth-order valence-electron chi connectivity index (χ4n) is 5.95. The summed E-state index contributed by atoms with van der Waals surface area (Å²) in [7, 11) is 5.23. The number of amides is 4. The van der Waals surface area contributed by atoms with Crippen molar-refractivity contribution in [2.75, 3.05) is 25.5 Å². The van der Waals surface area contributed by atoms with E-state index < -0.39 is 51.7 Å². The van der Waals surface area contributed by atoms with E-state index in [4.69, 9.17) is 0 Å². The van der Waals surface area contributed by atoms with Crippen molar-refractivity contribution in [3.63, 3.8) is 0 Å². The second-order valence-corrected chi connectivity index (χ2v) is 10.0. The molecule has 198 valence electrons. The number of allylic oxidation sites excluding steroid dienone is 1. The summed E-state index contributed by atoms with van der Waals surface area (Å²) in [6, 6.07) is 4.37. The van der Waals surface area contributed by atoms with Gasteiger partial charge in [0.2, 0.25) is 17.7 Å². The number of imide groups is 2. The van der Waals surface area contributed by atoms with Gasteiger partial charge < -0.3 is 10.0 Å². The van der Waals surface area contributed by atoms with Crippen molar-refractivity contribution in [1.29, 1.82) is 0 Å². The Kier molecular flexibility index (Phi) is 5.66. The summed E-state index contributed by atoms with van der Waals surface area (Å²) < 4.78 is 1.55. The summed E-state index contributed by atoms with van der Waals surface area (Å²) in [6.07, 6.45) is 4.11. The zero-order valence-corrected chi connectivity index (χ0v) is 21.4. The number of nitrogens with zero attached hydrogens (tertiary/aromatic N) is 5. The molecular formula is C26H27N5O7. The van der Waals surface area contributed by atoms with E-state index in [9.17, 15) is 33.9 Å². The average Bonchev–Trinajstić information content (AvgIpc) is 3.41. The SMILES string of the molecule is CN1C(=O)N(C)C(=O)C2(Cc3cc(C=CC(=O)c4c(O)n(C)c(=O)n(C)c4=O)ccc3N3CCCC32)C1=O. The second-order valence-electron chi connectivity index (χ2n) is 10.0. The molecule has 1 aromatic heterocycles. The van der Waals surface area contributed by atoms with E-state index in [0.717, 1.165) is 42.7 Å². The molecule has 1 N–H and O–H groups in total. The van der Waals surface area contributed by atoms with E-state index in [1.54, 1.807) is 12.1 Å². The zero-order valence-electron chi connectivity index (χ0n) is 21.4. The molecule has 0 saturated carbocycles.